The molecule has 0 saturated carbocycles. The summed E-state index contributed by atoms with van der Waals surface area (Å²) in [4.78, 5) is 4.35. The van der Waals surface area contributed by atoms with Gasteiger partial charge < -0.3 is 15.0 Å². The second kappa shape index (κ2) is 4.78. The molecule has 0 aliphatic carbocycles. The maximum Gasteiger partial charge on any atom is 0.261 e. The average molecular weight is 247 g/mol. The Bertz CT molecular complexity index is 535. The topological polar surface area (TPSA) is 74.2 Å². The first-order valence-electron chi connectivity index (χ1n) is 5.85. The van der Waals surface area contributed by atoms with Gasteiger partial charge in [-0.25, -0.2) is 0 Å². The van der Waals surface area contributed by atoms with E-state index in [0.717, 1.165) is 12.0 Å². The van der Waals surface area contributed by atoms with Crippen molar-refractivity contribution in [2.75, 3.05) is 7.11 Å². The third-order valence-corrected chi connectivity index (χ3v) is 3.01. The van der Waals surface area contributed by atoms with Crippen LogP contribution < -0.4 is 10.5 Å². The maximum atomic E-state index is 6.08. The molecule has 1 aromatic carbocycles. The first kappa shape index (κ1) is 12.6. The second-order valence-electron chi connectivity index (χ2n) is 4.39. The van der Waals surface area contributed by atoms with Crippen molar-refractivity contribution in [2.45, 2.75) is 25.8 Å². The van der Waals surface area contributed by atoms with Crippen LogP contribution in [0.5, 0.6) is 5.75 Å². The number of rotatable bonds is 4. The number of para-hydroxylation sites is 1. The van der Waals surface area contributed by atoms with Crippen LogP contribution >= 0.6 is 0 Å². The van der Waals surface area contributed by atoms with Crippen molar-refractivity contribution in [3.8, 4) is 17.2 Å². The monoisotopic (exact) mass is 247 g/mol. The molecule has 5 heteroatoms. The minimum absolute atomic E-state index is 0.424. The Balaban J connectivity index is 2.41. The minimum atomic E-state index is -0.580. The Labute approximate surface area is 106 Å². The predicted molar refractivity (Wildman–Crippen MR) is 68.1 cm³/mol. The summed E-state index contributed by atoms with van der Waals surface area (Å²) < 4.78 is 10.5. The van der Waals surface area contributed by atoms with Gasteiger partial charge in [0.15, 0.2) is 5.82 Å². The van der Waals surface area contributed by atoms with Crippen LogP contribution in [0.15, 0.2) is 28.8 Å². The van der Waals surface area contributed by atoms with E-state index in [1.807, 2.05) is 38.1 Å². The summed E-state index contributed by atoms with van der Waals surface area (Å²) in [5, 5.41) is 3.94. The molecule has 2 rings (SSSR count). The molecule has 2 aromatic rings. The fourth-order valence-electron chi connectivity index (χ4n) is 1.54. The molecular formula is C13H17N3O2. The highest BCUT2D eigenvalue weighted by molar-refractivity contribution is 5.62. The summed E-state index contributed by atoms with van der Waals surface area (Å²) in [5.41, 5.74) is 6.27. The third kappa shape index (κ3) is 2.22. The zero-order valence-electron chi connectivity index (χ0n) is 10.8. The Morgan fingerprint density at radius 3 is 2.78 bits per heavy atom. The molecule has 2 N–H and O–H groups in total. The molecule has 5 nitrogen and oxygen atoms in total. The van der Waals surface area contributed by atoms with Crippen LogP contribution in [0.2, 0.25) is 0 Å². The summed E-state index contributed by atoms with van der Waals surface area (Å²) in [5.74, 6) is 1.63. The van der Waals surface area contributed by atoms with E-state index in [9.17, 15) is 0 Å². The molecule has 0 spiro atoms. The zero-order valence-corrected chi connectivity index (χ0v) is 10.8. The van der Waals surface area contributed by atoms with Gasteiger partial charge in [0.05, 0.1) is 18.2 Å². The van der Waals surface area contributed by atoms with Crippen LogP contribution in [0.1, 0.15) is 26.1 Å². The van der Waals surface area contributed by atoms with E-state index in [4.69, 9.17) is 15.0 Å². The van der Waals surface area contributed by atoms with Gasteiger partial charge in [-0.15, -0.1) is 0 Å². The molecule has 0 radical (unpaired) electrons. The molecular weight excluding hydrogens is 230 g/mol. The van der Waals surface area contributed by atoms with Gasteiger partial charge >= 0.3 is 0 Å². The molecule has 0 bridgehead atoms. The predicted octanol–water partition coefficient (Wildman–Crippen LogP) is 2.33. The van der Waals surface area contributed by atoms with Gasteiger partial charge in [0.1, 0.15) is 5.75 Å². The smallest absolute Gasteiger partial charge is 0.261 e. The van der Waals surface area contributed by atoms with E-state index in [2.05, 4.69) is 10.1 Å². The molecule has 1 heterocycles. The number of nitrogens with zero attached hydrogens (tertiary/aromatic N) is 2. The summed E-state index contributed by atoms with van der Waals surface area (Å²) in [6.45, 7) is 3.86. The zero-order chi connectivity index (χ0) is 13.2. The van der Waals surface area contributed by atoms with Crippen LogP contribution in [0, 0.1) is 0 Å². The Morgan fingerprint density at radius 1 is 1.39 bits per heavy atom. The molecule has 0 amide bonds. The van der Waals surface area contributed by atoms with Crippen molar-refractivity contribution in [3.63, 3.8) is 0 Å². The molecule has 96 valence electrons. The van der Waals surface area contributed by atoms with Crippen LogP contribution in [-0.2, 0) is 5.54 Å². The number of nitrogens with two attached hydrogens (primary N) is 1. The normalized spacial score (nSPS) is 14.2. The van der Waals surface area contributed by atoms with Gasteiger partial charge in [0.2, 0.25) is 0 Å². The van der Waals surface area contributed by atoms with Crippen molar-refractivity contribution in [3.05, 3.63) is 30.1 Å². The molecule has 1 atom stereocenters. The van der Waals surface area contributed by atoms with Gasteiger partial charge in [-0.2, -0.15) is 4.98 Å². The number of ether oxygens (including phenoxy) is 1. The third-order valence-electron chi connectivity index (χ3n) is 3.01. The minimum Gasteiger partial charge on any atom is -0.496 e. The first-order valence-corrected chi connectivity index (χ1v) is 5.85. The van der Waals surface area contributed by atoms with Gasteiger partial charge in [-0.1, -0.05) is 24.2 Å². The number of hydrogen-bond donors (Lipinski definition) is 1. The van der Waals surface area contributed by atoms with Crippen molar-refractivity contribution in [2.24, 2.45) is 5.73 Å². The second-order valence-corrected chi connectivity index (χ2v) is 4.39. The Kier molecular flexibility index (Phi) is 3.34. The average Bonchev–Trinajstić information content (AvgIpc) is 2.89. The number of hydrogen-bond acceptors (Lipinski definition) is 5. The van der Waals surface area contributed by atoms with Gasteiger partial charge in [-0.05, 0) is 25.5 Å². The van der Waals surface area contributed by atoms with Gasteiger partial charge in [0.25, 0.3) is 5.89 Å². The lowest BCUT2D eigenvalue weighted by Crippen LogP contribution is -2.33. The van der Waals surface area contributed by atoms with Crippen LogP contribution in [0.25, 0.3) is 11.5 Å². The van der Waals surface area contributed by atoms with E-state index in [1.165, 1.54) is 0 Å². The lowest BCUT2D eigenvalue weighted by molar-refractivity contribution is 0.376. The lowest BCUT2D eigenvalue weighted by Gasteiger charge is -2.16. The van der Waals surface area contributed by atoms with Crippen molar-refractivity contribution < 1.29 is 9.26 Å². The van der Waals surface area contributed by atoms with Crippen molar-refractivity contribution in [1.82, 2.24) is 10.1 Å². The van der Waals surface area contributed by atoms with E-state index in [0.29, 0.717) is 17.5 Å². The molecule has 0 saturated heterocycles. The van der Waals surface area contributed by atoms with E-state index >= 15 is 0 Å². The standard InChI is InChI=1S/C13H17N3O2/c1-4-13(2,14)12-15-11(18-16-12)9-7-5-6-8-10(9)17-3/h5-8H,4,14H2,1-3H3. The molecule has 0 aliphatic rings. The van der Waals surface area contributed by atoms with E-state index in [-0.39, 0.29) is 0 Å². The maximum absolute atomic E-state index is 6.08. The van der Waals surface area contributed by atoms with Crippen LogP contribution in [0.4, 0.5) is 0 Å². The number of aromatic nitrogens is 2. The number of methoxy groups -OCH3 is 1. The Hall–Kier alpha value is -1.88. The fraction of sp³-hybridized carbons (Fsp3) is 0.385. The number of benzene rings is 1. The highest BCUT2D eigenvalue weighted by atomic mass is 16.5. The molecule has 0 fully saturated rings. The highest BCUT2D eigenvalue weighted by Crippen LogP contribution is 2.29. The van der Waals surface area contributed by atoms with Crippen molar-refractivity contribution in [1.29, 1.82) is 0 Å². The summed E-state index contributed by atoms with van der Waals surface area (Å²) >= 11 is 0. The van der Waals surface area contributed by atoms with Crippen LogP contribution in [0.3, 0.4) is 0 Å². The van der Waals surface area contributed by atoms with E-state index < -0.39 is 5.54 Å². The van der Waals surface area contributed by atoms with E-state index in [1.54, 1.807) is 7.11 Å². The first-order chi connectivity index (χ1) is 8.58. The summed E-state index contributed by atoms with van der Waals surface area (Å²) in [6.07, 6.45) is 0.734. The lowest BCUT2D eigenvalue weighted by atomic mass is 10.00. The summed E-state index contributed by atoms with van der Waals surface area (Å²) in [6, 6.07) is 7.50. The molecule has 18 heavy (non-hydrogen) atoms. The fourth-order valence-corrected chi connectivity index (χ4v) is 1.54. The largest absolute Gasteiger partial charge is 0.496 e. The van der Waals surface area contributed by atoms with Gasteiger partial charge in [-0.3, -0.25) is 0 Å². The Morgan fingerprint density at radius 2 is 2.11 bits per heavy atom. The molecule has 1 unspecified atom stereocenters. The molecule has 1 aromatic heterocycles. The quantitative estimate of drug-likeness (QED) is 0.897. The SMILES string of the molecule is CCC(C)(N)c1noc(-c2ccccc2OC)n1. The highest BCUT2D eigenvalue weighted by Gasteiger charge is 2.26. The molecule has 0 aliphatic heterocycles. The van der Waals surface area contributed by atoms with Crippen LogP contribution in [-0.4, -0.2) is 17.3 Å². The van der Waals surface area contributed by atoms with Gasteiger partial charge in [0, 0.05) is 0 Å². The van der Waals surface area contributed by atoms with Crippen molar-refractivity contribution >= 4 is 0 Å². The summed E-state index contributed by atoms with van der Waals surface area (Å²) in [7, 11) is 1.61.